The molecule has 0 saturated heterocycles. The third kappa shape index (κ3) is 3.20. The van der Waals surface area contributed by atoms with Gasteiger partial charge in [-0.2, -0.15) is 0 Å². The quantitative estimate of drug-likeness (QED) is 0.814. The van der Waals surface area contributed by atoms with Crippen molar-refractivity contribution >= 4 is 28.4 Å². The summed E-state index contributed by atoms with van der Waals surface area (Å²) in [4.78, 5) is 18.1. The molecule has 1 heterocycles. The number of anilines is 1. The van der Waals surface area contributed by atoms with Crippen LogP contribution >= 0.6 is 22.6 Å². The molecule has 0 saturated carbocycles. The van der Waals surface area contributed by atoms with Crippen LogP contribution in [0.3, 0.4) is 0 Å². The lowest BCUT2D eigenvalue weighted by Gasteiger charge is -2.23. The van der Waals surface area contributed by atoms with E-state index in [1.54, 1.807) is 0 Å². The van der Waals surface area contributed by atoms with Gasteiger partial charge in [0.25, 0.3) is 5.56 Å². The minimum Gasteiger partial charge on any atom is -0.366 e. The summed E-state index contributed by atoms with van der Waals surface area (Å²) in [5.74, 6) is 1.29. The zero-order chi connectivity index (χ0) is 12.1. The highest BCUT2D eigenvalue weighted by Crippen LogP contribution is 2.18. The summed E-state index contributed by atoms with van der Waals surface area (Å²) in [6.07, 6.45) is 3.70. The van der Waals surface area contributed by atoms with E-state index < -0.39 is 0 Å². The van der Waals surface area contributed by atoms with Crippen molar-refractivity contribution in [3.05, 3.63) is 20.3 Å². The first-order chi connectivity index (χ1) is 7.60. The van der Waals surface area contributed by atoms with Crippen LogP contribution in [0.5, 0.6) is 0 Å². The molecule has 0 radical (unpaired) electrons. The summed E-state index contributed by atoms with van der Waals surface area (Å²) >= 11 is 2.02. The van der Waals surface area contributed by atoms with Gasteiger partial charge < -0.3 is 10.3 Å². The summed E-state index contributed by atoms with van der Waals surface area (Å²) < 4.78 is 0.623. The minimum absolute atomic E-state index is 0.0881. The van der Waals surface area contributed by atoms with Gasteiger partial charge in [0.15, 0.2) is 0 Å². The van der Waals surface area contributed by atoms with Crippen LogP contribution in [0.1, 0.15) is 33.6 Å². The third-order valence-electron chi connectivity index (χ3n) is 2.92. The van der Waals surface area contributed by atoms with E-state index >= 15 is 0 Å². The highest BCUT2D eigenvalue weighted by molar-refractivity contribution is 14.1. The number of nitrogens with one attached hydrogen (secondary N) is 2. The van der Waals surface area contributed by atoms with E-state index in [0.29, 0.717) is 21.3 Å². The van der Waals surface area contributed by atoms with E-state index in [9.17, 15) is 4.79 Å². The van der Waals surface area contributed by atoms with Crippen molar-refractivity contribution in [2.75, 3.05) is 5.32 Å². The summed E-state index contributed by atoms with van der Waals surface area (Å²) in [6, 6.07) is 0.331. The second-order valence-corrected chi connectivity index (χ2v) is 4.98. The van der Waals surface area contributed by atoms with E-state index in [-0.39, 0.29) is 5.56 Å². The molecule has 1 unspecified atom stereocenters. The van der Waals surface area contributed by atoms with Gasteiger partial charge in [-0.1, -0.05) is 26.7 Å². The van der Waals surface area contributed by atoms with Crippen molar-refractivity contribution in [1.29, 1.82) is 0 Å². The molecule has 0 amide bonds. The van der Waals surface area contributed by atoms with Crippen LogP contribution in [0, 0.1) is 9.49 Å². The molecule has 1 rings (SSSR count). The molecular weight excluding hydrogens is 317 g/mol. The van der Waals surface area contributed by atoms with Crippen molar-refractivity contribution in [1.82, 2.24) is 9.97 Å². The fraction of sp³-hybridized carbons (Fsp3) is 0.636. The number of aromatic amines is 1. The molecule has 16 heavy (non-hydrogen) atoms. The third-order valence-corrected chi connectivity index (χ3v) is 3.92. The van der Waals surface area contributed by atoms with Gasteiger partial charge in [-0.05, 0) is 35.4 Å². The SMILES string of the molecule is CCC(CC)C(C)Nc1nc[nH]c(=O)c1I. The molecule has 0 spiro atoms. The maximum absolute atomic E-state index is 11.4. The molecule has 2 N–H and O–H groups in total. The van der Waals surface area contributed by atoms with Crippen LogP contribution in [-0.4, -0.2) is 16.0 Å². The Bertz CT molecular complexity index is 387. The Morgan fingerprint density at radius 1 is 1.50 bits per heavy atom. The minimum atomic E-state index is -0.0881. The Kier molecular flexibility index (Phi) is 5.24. The Labute approximate surface area is 109 Å². The molecule has 0 fully saturated rings. The molecule has 4 nitrogen and oxygen atoms in total. The van der Waals surface area contributed by atoms with Crippen LogP contribution in [0.2, 0.25) is 0 Å². The van der Waals surface area contributed by atoms with Crippen LogP contribution < -0.4 is 10.9 Å². The van der Waals surface area contributed by atoms with E-state index in [4.69, 9.17) is 0 Å². The average molecular weight is 335 g/mol. The first kappa shape index (κ1) is 13.5. The topological polar surface area (TPSA) is 57.8 Å². The molecular formula is C11H18IN3O. The molecule has 1 aromatic rings. The second-order valence-electron chi connectivity index (χ2n) is 3.90. The van der Waals surface area contributed by atoms with Crippen molar-refractivity contribution in [2.45, 2.75) is 39.7 Å². The lowest BCUT2D eigenvalue weighted by molar-refractivity contribution is 0.437. The standard InChI is InChI=1S/C11H18IN3O/c1-4-8(5-2)7(3)15-10-9(12)11(16)14-6-13-10/h6-8H,4-5H2,1-3H3,(H2,13,14,15,16). The van der Waals surface area contributed by atoms with Gasteiger partial charge in [-0.25, -0.2) is 4.98 Å². The maximum Gasteiger partial charge on any atom is 0.266 e. The number of H-pyrrole nitrogens is 1. The van der Waals surface area contributed by atoms with Crippen LogP contribution in [-0.2, 0) is 0 Å². The van der Waals surface area contributed by atoms with Gasteiger partial charge in [0.2, 0.25) is 0 Å². The molecule has 90 valence electrons. The van der Waals surface area contributed by atoms with E-state index in [1.807, 2.05) is 22.6 Å². The van der Waals surface area contributed by atoms with Gasteiger partial charge in [0, 0.05) is 6.04 Å². The van der Waals surface area contributed by atoms with E-state index in [1.165, 1.54) is 6.33 Å². The van der Waals surface area contributed by atoms with Gasteiger partial charge in [-0.3, -0.25) is 4.79 Å². The smallest absolute Gasteiger partial charge is 0.266 e. The Balaban J connectivity index is 2.80. The number of hydrogen-bond donors (Lipinski definition) is 2. The molecule has 0 aliphatic rings. The molecule has 0 aliphatic carbocycles. The summed E-state index contributed by atoms with van der Waals surface area (Å²) in [7, 11) is 0. The lowest BCUT2D eigenvalue weighted by atomic mass is 9.95. The fourth-order valence-corrected chi connectivity index (χ4v) is 2.26. The zero-order valence-electron chi connectivity index (χ0n) is 9.88. The van der Waals surface area contributed by atoms with Crippen molar-refractivity contribution < 1.29 is 0 Å². The molecule has 0 bridgehead atoms. The van der Waals surface area contributed by atoms with Gasteiger partial charge in [-0.15, -0.1) is 0 Å². The Hall–Kier alpha value is -0.590. The average Bonchev–Trinajstić information content (AvgIpc) is 2.26. The zero-order valence-corrected chi connectivity index (χ0v) is 12.0. The number of rotatable bonds is 5. The largest absolute Gasteiger partial charge is 0.366 e. The highest BCUT2D eigenvalue weighted by Gasteiger charge is 2.15. The Morgan fingerprint density at radius 2 is 2.12 bits per heavy atom. The fourth-order valence-electron chi connectivity index (χ4n) is 1.81. The second kappa shape index (κ2) is 6.22. The normalized spacial score (nSPS) is 12.8. The van der Waals surface area contributed by atoms with Gasteiger partial charge in [0.1, 0.15) is 9.39 Å². The summed E-state index contributed by atoms with van der Waals surface area (Å²) in [5, 5.41) is 3.31. The molecule has 1 atom stereocenters. The molecule has 0 aromatic carbocycles. The van der Waals surface area contributed by atoms with Gasteiger partial charge in [0.05, 0.1) is 6.33 Å². The van der Waals surface area contributed by atoms with Gasteiger partial charge >= 0.3 is 0 Å². The highest BCUT2D eigenvalue weighted by atomic mass is 127. The van der Waals surface area contributed by atoms with Crippen LogP contribution in [0.25, 0.3) is 0 Å². The van der Waals surface area contributed by atoms with Crippen LogP contribution in [0.4, 0.5) is 5.82 Å². The number of nitrogens with zero attached hydrogens (tertiary/aromatic N) is 1. The number of hydrogen-bond acceptors (Lipinski definition) is 3. The lowest BCUT2D eigenvalue weighted by Crippen LogP contribution is -2.27. The summed E-state index contributed by atoms with van der Waals surface area (Å²) in [5.41, 5.74) is -0.0881. The predicted octanol–water partition coefficient (Wildman–Crippen LogP) is 2.61. The maximum atomic E-state index is 11.4. The number of halogens is 1. The monoisotopic (exact) mass is 335 g/mol. The molecule has 0 aliphatic heterocycles. The van der Waals surface area contributed by atoms with E-state index in [0.717, 1.165) is 12.8 Å². The van der Waals surface area contributed by atoms with Crippen molar-refractivity contribution in [2.24, 2.45) is 5.92 Å². The first-order valence-electron chi connectivity index (χ1n) is 5.59. The Morgan fingerprint density at radius 3 is 2.69 bits per heavy atom. The number of aromatic nitrogens is 2. The first-order valence-corrected chi connectivity index (χ1v) is 6.67. The molecule has 1 aromatic heterocycles. The summed E-state index contributed by atoms with van der Waals surface area (Å²) in [6.45, 7) is 6.50. The van der Waals surface area contributed by atoms with Crippen LogP contribution in [0.15, 0.2) is 11.1 Å². The van der Waals surface area contributed by atoms with E-state index in [2.05, 4.69) is 36.1 Å². The van der Waals surface area contributed by atoms with Crippen molar-refractivity contribution in [3.63, 3.8) is 0 Å². The molecule has 5 heteroatoms. The van der Waals surface area contributed by atoms with Crippen molar-refractivity contribution in [3.8, 4) is 0 Å². The predicted molar refractivity (Wildman–Crippen MR) is 74.7 cm³/mol.